The van der Waals surface area contributed by atoms with Crippen LogP contribution in [-0.2, 0) is 9.53 Å². The van der Waals surface area contributed by atoms with Crippen molar-refractivity contribution in [2.45, 2.75) is 19.8 Å². The van der Waals surface area contributed by atoms with Gasteiger partial charge in [0, 0.05) is 13.1 Å². The molecule has 1 aliphatic heterocycles. The number of aryl methyl sites for hydroxylation is 1. The first-order chi connectivity index (χ1) is 14.6. The Morgan fingerprint density at radius 3 is 2.77 bits per heavy atom. The zero-order valence-electron chi connectivity index (χ0n) is 18.3. The largest absolute Gasteiger partial charge is 0.497 e. The molecule has 1 N–H and O–H groups in total. The van der Waals surface area contributed by atoms with E-state index in [1.54, 1.807) is 7.11 Å². The lowest BCUT2D eigenvalue weighted by atomic mass is 9.94. The number of rotatable bonds is 9. The van der Waals surface area contributed by atoms with Crippen LogP contribution in [0, 0.1) is 12.8 Å². The first kappa shape index (κ1) is 24.9. The van der Waals surface area contributed by atoms with Crippen molar-refractivity contribution in [3.8, 4) is 5.75 Å². The molecule has 0 aromatic heterocycles. The number of methoxy groups -OCH3 is 1. The molecule has 2 aromatic carbocycles. The molecule has 1 atom stereocenters. The van der Waals surface area contributed by atoms with E-state index in [0.29, 0.717) is 19.8 Å². The van der Waals surface area contributed by atoms with E-state index in [1.807, 2.05) is 30.3 Å². The summed E-state index contributed by atoms with van der Waals surface area (Å²) in [6.07, 6.45) is 3.83. The molecule has 1 heterocycles. The topological polar surface area (TPSA) is 59.0 Å². The van der Waals surface area contributed by atoms with Crippen molar-refractivity contribution in [2.75, 3.05) is 40.0 Å². The highest BCUT2D eigenvalue weighted by molar-refractivity contribution is 5.85. The number of nitrogens with zero attached hydrogens (tertiary/aromatic N) is 1. The maximum atomic E-state index is 11.2. The highest BCUT2D eigenvalue weighted by Gasteiger charge is 2.24. The van der Waals surface area contributed by atoms with Crippen LogP contribution >= 0.6 is 12.4 Å². The average Bonchev–Trinajstić information content (AvgIpc) is 2.77. The normalized spacial score (nSPS) is 17.1. The number of carbonyl (C=O) groups is 1. The van der Waals surface area contributed by atoms with Crippen LogP contribution in [0.2, 0.25) is 0 Å². The highest BCUT2D eigenvalue weighted by Crippen LogP contribution is 2.28. The van der Waals surface area contributed by atoms with Gasteiger partial charge in [0.2, 0.25) is 0 Å². The molecule has 168 valence electrons. The van der Waals surface area contributed by atoms with E-state index < -0.39 is 5.97 Å². The lowest BCUT2D eigenvalue weighted by molar-refractivity contribution is -0.143. The summed E-state index contributed by atoms with van der Waals surface area (Å²) in [6, 6.07) is 16.4. The van der Waals surface area contributed by atoms with E-state index in [1.165, 1.54) is 11.1 Å². The van der Waals surface area contributed by atoms with Crippen LogP contribution in [0.15, 0.2) is 54.6 Å². The summed E-state index contributed by atoms with van der Waals surface area (Å²) in [6.45, 7) is 5.52. The minimum atomic E-state index is -0.690. The Morgan fingerprint density at radius 1 is 1.23 bits per heavy atom. The van der Waals surface area contributed by atoms with Gasteiger partial charge in [0.25, 0.3) is 0 Å². The van der Waals surface area contributed by atoms with E-state index in [2.05, 4.69) is 36.1 Å². The summed E-state index contributed by atoms with van der Waals surface area (Å²) < 4.78 is 11.3. The minimum absolute atomic E-state index is 0. The lowest BCUT2D eigenvalue weighted by Gasteiger charge is -2.30. The van der Waals surface area contributed by atoms with Gasteiger partial charge in [0.15, 0.2) is 0 Å². The number of likely N-dealkylation sites (tertiary alicyclic amines) is 1. The van der Waals surface area contributed by atoms with Gasteiger partial charge < -0.3 is 19.5 Å². The van der Waals surface area contributed by atoms with E-state index in [4.69, 9.17) is 9.47 Å². The Balaban J connectivity index is 0.00000341. The van der Waals surface area contributed by atoms with Crippen molar-refractivity contribution >= 4 is 23.9 Å². The molecule has 0 unspecified atom stereocenters. The van der Waals surface area contributed by atoms with E-state index in [9.17, 15) is 9.90 Å². The number of carboxylic acid groups (broad SMARTS) is 1. The third-order valence-electron chi connectivity index (χ3n) is 5.63. The fourth-order valence-corrected chi connectivity index (χ4v) is 3.93. The highest BCUT2D eigenvalue weighted by atomic mass is 35.5. The summed E-state index contributed by atoms with van der Waals surface area (Å²) in [5.41, 5.74) is 4.60. The van der Waals surface area contributed by atoms with E-state index in [0.717, 1.165) is 42.8 Å². The number of halogens is 1. The van der Waals surface area contributed by atoms with Crippen molar-refractivity contribution < 1.29 is 19.4 Å². The van der Waals surface area contributed by atoms with Gasteiger partial charge in [-0.3, -0.25) is 4.79 Å². The second-order valence-electron chi connectivity index (χ2n) is 7.72. The first-order valence-electron chi connectivity index (χ1n) is 10.5. The molecule has 0 radical (unpaired) electrons. The third-order valence-corrected chi connectivity index (χ3v) is 5.63. The minimum Gasteiger partial charge on any atom is -0.497 e. The molecule has 0 aliphatic carbocycles. The van der Waals surface area contributed by atoms with Crippen molar-refractivity contribution in [3.05, 3.63) is 71.3 Å². The molecule has 0 spiro atoms. The van der Waals surface area contributed by atoms with Crippen LogP contribution < -0.4 is 4.74 Å². The van der Waals surface area contributed by atoms with Gasteiger partial charge in [-0.15, -0.1) is 12.4 Å². The second kappa shape index (κ2) is 12.5. The maximum absolute atomic E-state index is 11.2. The van der Waals surface area contributed by atoms with Gasteiger partial charge in [-0.05, 0) is 60.7 Å². The molecule has 31 heavy (non-hydrogen) atoms. The van der Waals surface area contributed by atoms with Gasteiger partial charge >= 0.3 is 5.97 Å². The zero-order chi connectivity index (χ0) is 21.3. The van der Waals surface area contributed by atoms with Gasteiger partial charge in [0.1, 0.15) is 5.75 Å². The van der Waals surface area contributed by atoms with Crippen LogP contribution in [0.5, 0.6) is 5.75 Å². The molecule has 3 rings (SSSR count). The Hall–Kier alpha value is -2.34. The molecule has 1 fully saturated rings. The van der Waals surface area contributed by atoms with Gasteiger partial charge in [-0.25, -0.2) is 0 Å². The van der Waals surface area contributed by atoms with Crippen molar-refractivity contribution in [1.82, 2.24) is 4.90 Å². The number of carboxylic acids is 1. The maximum Gasteiger partial charge on any atom is 0.307 e. The summed E-state index contributed by atoms with van der Waals surface area (Å²) >= 11 is 0. The summed E-state index contributed by atoms with van der Waals surface area (Å²) in [7, 11) is 1.68. The smallest absolute Gasteiger partial charge is 0.307 e. The summed E-state index contributed by atoms with van der Waals surface area (Å²) in [5, 5.41) is 9.23. The molecule has 0 amide bonds. The van der Waals surface area contributed by atoms with Gasteiger partial charge in [0.05, 0.1) is 26.2 Å². The molecule has 1 aliphatic rings. The van der Waals surface area contributed by atoms with Crippen LogP contribution in [-0.4, -0.2) is 55.9 Å². The number of ether oxygens (including phenoxy) is 2. The third kappa shape index (κ3) is 7.10. The molecule has 2 aromatic rings. The Labute approximate surface area is 191 Å². The van der Waals surface area contributed by atoms with Crippen molar-refractivity contribution in [3.63, 3.8) is 0 Å². The van der Waals surface area contributed by atoms with Crippen LogP contribution in [0.1, 0.15) is 29.5 Å². The van der Waals surface area contributed by atoms with Crippen molar-refractivity contribution in [1.29, 1.82) is 0 Å². The van der Waals surface area contributed by atoms with Crippen molar-refractivity contribution in [2.24, 2.45) is 5.92 Å². The van der Waals surface area contributed by atoms with Gasteiger partial charge in [-0.2, -0.15) is 0 Å². The predicted molar refractivity (Wildman–Crippen MR) is 126 cm³/mol. The molecular formula is C25H32ClNO4. The zero-order valence-corrected chi connectivity index (χ0v) is 19.1. The first-order valence-corrected chi connectivity index (χ1v) is 10.5. The number of hydrogen-bond donors (Lipinski definition) is 1. The van der Waals surface area contributed by atoms with Crippen LogP contribution in [0.4, 0.5) is 0 Å². The number of hydrogen-bond acceptors (Lipinski definition) is 4. The average molecular weight is 446 g/mol. The summed E-state index contributed by atoms with van der Waals surface area (Å²) in [4.78, 5) is 13.4. The standard InChI is InChI=1S/C25H31NO4.ClH/c1-19-7-3-4-11-23(19)24(20-8-5-10-22(17-20)29-2)12-15-30-16-14-26-13-6-9-21(18-26)25(27)28;/h3-5,7-8,10-12,17,21H,6,9,13-16,18H2,1-2H3,(H,27,28);1H/t21-;/m1./s1. The van der Waals surface area contributed by atoms with Crippen LogP contribution in [0.25, 0.3) is 5.57 Å². The number of aliphatic carboxylic acids is 1. The number of benzene rings is 2. The molecule has 0 saturated carbocycles. The Bertz CT molecular complexity index is 883. The van der Waals surface area contributed by atoms with E-state index >= 15 is 0 Å². The molecule has 6 heteroatoms. The predicted octanol–water partition coefficient (Wildman–Crippen LogP) is 4.67. The molecule has 5 nitrogen and oxygen atoms in total. The second-order valence-corrected chi connectivity index (χ2v) is 7.72. The molecule has 1 saturated heterocycles. The fraction of sp³-hybridized carbons (Fsp3) is 0.400. The molecule has 0 bridgehead atoms. The quantitative estimate of drug-likeness (QED) is 0.568. The SMILES string of the molecule is COc1cccc(C(=CCOCCN2CCC[C@@H](C(=O)O)C2)c2ccccc2C)c1.Cl. The van der Waals surface area contributed by atoms with E-state index in [-0.39, 0.29) is 18.3 Å². The summed E-state index contributed by atoms with van der Waals surface area (Å²) in [5.74, 6) is -0.116. The molecular weight excluding hydrogens is 414 g/mol. The number of piperidine rings is 1. The van der Waals surface area contributed by atoms with Gasteiger partial charge in [-0.1, -0.05) is 42.5 Å². The monoisotopic (exact) mass is 445 g/mol. The lowest BCUT2D eigenvalue weighted by Crippen LogP contribution is -2.40. The Kier molecular flexibility index (Phi) is 10.0. The fourth-order valence-electron chi connectivity index (χ4n) is 3.93. The van der Waals surface area contributed by atoms with Crippen LogP contribution in [0.3, 0.4) is 0 Å². The Morgan fingerprint density at radius 2 is 2.03 bits per heavy atom.